The smallest absolute Gasteiger partial charge is 0.176 e. The van der Waals surface area contributed by atoms with Gasteiger partial charge in [0, 0.05) is 10.6 Å². The molecule has 2 atom stereocenters. The molecule has 0 saturated carbocycles. The number of carbonyl (C=O) groups is 1. The lowest BCUT2D eigenvalue weighted by molar-refractivity contribution is 0.0843. The molecule has 0 bridgehead atoms. The van der Waals surface area contributed by atoms with Gasteiger partial charge in [0.05, 0.1) is 22.1 Å². The van der Waals surface area contributed by atoms with E-state index >= 15 is 0 Å². The van der Waals surface area contributed by atoms with Crippen molar-refractivity contribution in [1.29, 1.82) is 0 Å². The number of hydrogen-bond acceptors (Lipinski definition) is 5. The highest BCUT2D eigenvalue weighted by Gasteiger charge is 2.59. The molecule has 1 heterocycles. The molecule has 4 nitrogen and oxygen atoms in total. The Hall–Kier alpha value is -2.89. The van der Waals surface area contributed by atoms with Crippen molar-refractivity contribution >= 4 is 44.9 Å². The predicted molar refractivity (Wildman–Crippen MR) is 126 cm³/mol. The summed E-state index contributed by atoms with van der Waals surface area (Å²) in [6, 6.07) is 24.7. The molecule has 1 aliphatic carbocycles. The molecular formula is C25H19ClN2O2S. The number of nitrogens with zero attached hydrogens (tertiary/aromatic N) is 2. The lowest BCUT2D eigenvalue weighted by Crippen LogP contribution is -2.44. The summed E-state index contributed by atoms with van der Waals surface area (Å²) in [5.74, 6) is -0.404. The van der Waals surface area contributed by atoms with Gasteiger partial charge in [0.1, 0.15) is 5.04 Å². The average molecular weight is 447 g/mol. The summed E-state index contributed by atoms with van der Waals surface area (Å²) in [4.78, 5) is 19.0. The molecule has 6 heteroatoms. The number of oxime groups is 1. The summed E-state index contributed by atoms with van der Waals surface area (Å²) < 4.78 is 0. The average Bonchev–Trinajstić information content (AvgIpc) is 3.11. The largest absolute Gasteiger partial charge is 0.410 e. The van der Waals surface area contributed by atoms with Crippen molar-refractivity contribution < 1.29 is 10.0 Å². The first-order valence-corrected chi connectivity index (χ1v) is 11.2. The first-order valence-electron chi connectivity index (χ1n) is 10.1. The first-order chi connectivity index (χ1) is 15.1. The van der Waals surface area contributed by atoms with Crippen molar-refractivity contribution in [2.24, 2.45) is 15.6 Å². The molecule has 0 radical (unpaired) electrons. The minimum Gasteiger partial charge on any atom is -0.410 e. The number of rotatable bonds is 2. The van der Waals surface area contributed by atoms with Crippen LogP contribution in [0.4, 0.5) is 5.69 Å². The van der Waals surface area contributed by atoms with Crippen LogP contribution in [-0.2, 0) is 6.42 Å². The van der Waals surface area contributed by atoms with Crippen LogP contribution in [-0.4, -0.2) is 21.1 Å². The van der Waals surface area contributed by atoms with Gasteiger partial charge in [-0.2, -0.15) is 0 Å². The zero-order chi connectivity index (χ0) is 21.4. The standard InChI is InChI=1S/C25H19ClN2O2S/c26-18-12-10-17(11-13-18)21-23(28-30)31-24(27-19-7-2-1-3-8-19)25(21)15-14-16-6-4-5-9-20(16)22(25)29/h1-13,21,30H,14-15H2/b27-24?,28-23-/t21-,25-/m0/s1. The fourth-order valence-corrected chi connectivity index (χ4v) is 6.08. The summed E-state index contributed by atoms with van der Waals surface area (Å²) in [5.41, 5.74) is 2.49. The van der Waals surface area contributed by atoms with Gasteiger partial charge in [0.2, 0.25) is 0 Å². The predicted octanol–water partition coefficient (Wildman–Crippen LogP) is 6.50. The Kier molecular flexibility index (Phi) is 5.16. The minimum absolute atomic E-state index is 0.0233. The third-order valence-electron chi connectivity index (χ3n) is 6.07. The van der Waals surface area contributed by atoms with Crippen LogP contribution >= 0.6 is 23.4 Å². The Balaban J connectivity index is 1.75. The van der Waals surface area contributed by atoms with Gasteiger partial charge in [-0.25, -0.2) is 4.99 Å². The molecule has 2 aliphatic rings. The number of carbonyl (C=O) groups excluding carboxylic acids is 1. The van der Waals surface area contributed by atoms with Crippen molar-refractivity contribution in [3.8, 4) is 0 Å². The number of para-hydroxylation sites is 1. The monoisotopic (exact) mass is 446 g/mol. The van der Waals surface area contributed by atoms with Gasteiger partial charge < -0.3 is 5.21 Å². The lowest BCUT2D eigenvalue weighted by Gasteiger charge is -2.37. The minimum atomic E-state index is -0.926. The summed E-state index contributed by atoms with van der Waals surface area (Å²) in [6.45, 7) is 0. The van der Waals surface area contributed by atoms with Crippen LogP contribution in [0.3, 0.4) is 0 Å². The van der Waals surface area contributed by atoms with Crippen LogP contribution in [0.5, 0.6) is 0 Å². The second-order valence-corrected chi connectivity index (χ2v) is 9.18. The highest BCUT2D eigenvalue weighted by atomic mass is 35.5. The fourth-order valence-electron chi connectivity index (χ4n) is 4.61. The Morgan fingerprint density at radius 3 is 2.42 bits per heavy atom. The van der Waals surface area contributed by atoms with Crippen LogP contribution < -0.4 is 0 Å². The van der Waals surface area contributed by atoms with E-state index in [0.29, 0.717) is 27.1 Å². The molecule has 0 amide bonds. The molecule has 0 unspecified atom stereocenters. The zero-order valence-electron chi connectivity index (χ0n) is 16.5. The number of hydrogen-bond donors (Lipinski definition) is 1. The van der Waals surface area contributed by atoms with Gasteiger partial charge in [-0.1, -0.05) is 83.1 Å². The molecule has 1 fully saturated rings. The molecule has 5 rings (SSSR count). The van der Waals surface area contributed by atoms with E-state index < -0.39 is 11.3 Å². The van der Waals surface area contributed by atoms with Gasteiger partial charge in [-0.15, -0.1) is 0 Å². The van der Waals surface area contributed by atoms with Gasteiger partial charge in [-0.05, 0) is 48.2 Å². The number of ketones is 1. The summed E-state index contributed by atoms with van der Waals surface area (Å²) in [7, 11) is 0. The van der Waals surface area contributed by atoms with Crippen LogP contribution in [0.15, 0.2) is 89.0 Å². The fraction of sp³-hybridized carbons (Fsp3) is 0.160. The molecule has 1 saturated heterocycles. The van der Waals surface area contributed by atoms with Gasteiger partial charge in [-0.3, -0.25) is 4.79 Å². The van der Waals surface area contributed by atoms with E-state index in [9.17, 15) is 10.0 Å². The number of aryl methyl sites for hydroxylation is 1. The van der Waals surface area contributed by atoms with Crippen molar-refractivity contribution in [1.82, 2.24) is 0 Å². The van der Waals surface area contributed by atoms with Crippen LogP contribution in [0.25, 0.3) is 0 Å². The van der Waals surface area contributed by atoms with E-state index in [0.717, 1.165) is 23.2 Å². The maximum atomic E-state index is 14.1. The van der Waals surface area contributed by atoms with Crippen LogP contribution in [0, 0.1) is 5.41 Å². The molecule has 0 aromatic heterocycles. The normalized spacial score (nSPS) is 25.3. The number of Topliss-reactive ketones (excluding diaryl/α,β-unsaturated/α-hetero) is 1. The molecule has 31 heavy (non-hydrogen) atoms. The maximum Gasteiger partial charge on any atom is 0.176 e. The molecule has 3 aromatic rings. The lowest BCUT2D eigenvalue weighted by atomic mass is 9.62. The number of benzene rings is 3. The Morgan fingerprint density at radius 1 is 0.968 bits per heavy atom. The quantitative estimate of drug-likeness (QED) is 0.360. The van der Waals surface area contributed by atoms with Gasteiger partial charge in [0.15, 0.2) is 5.78 Å². The molecule has 1 aliphatic heterocycles. The first kappa shape index (κ1) is 20.0. The van der Waals surface area contributed by atoms with E-state index in [2.05, 4.69) is 5.16 Å². The highest BCUT2D eigenvalue weighted by Crippen LogP contribution is 2.57. The summed E-state index contributed by atoms with van der Waals surface area (Å²) in [5, 5.41) is 15.3. The summed E-state index contributed by atoms with van der Waals surface area (Å²) >= 11 is 7.41. The topological polar surface area (TPSA) is 62.0 Å². The van der Waals surface area contributed by atoms with Crippen molar-refractivity contribution in [3.05, 3.63) is 101 Å². The molecule has 1 spiro atoms. The number of fused-ring (bicyclic) bond motifs is 1. The molecule has 1 N–H and O–H groups in total. The Morgan fingerprint density at radius 2 is 1.68 bits per heavy atom. The second-order valence-electron chi connectivity index (χ2n) is 7.73. The molecular weight excluding hydrogens is 428 g/mol. The van der Waals surface area contributed by atoms with E-state index in [-0.39, 0.29) is 5.78 Å². The Labute approximate surface area is 189 Å². The number of halogens is 1. The molecule has 154 valence electrons. The summed E-state index contributed by atoms with van der Waals surface area (Å²) in [6.07, 6.45) is 1.34. The SMILES string of the molecule is O=C1c2ccccc2CC[C@@]12C(=Nc1ccccc1)S/C(=N\O)[C@@H]2c1ccc(Cl)cc1. The Bertz CT molecular complexity index is 1210. The van der Waals surface area contributed by atoms with E-state index in [1.54, 1.807) is 12.1 Å². The van der Waals surface area contributed by atoms with Crippen LogP contribution in [0.2, 0.25) is 5.02 Å². The van der Waals surface area contributed by atoms with E-state index in [4.69, 9.17) is 16.6 Å². The third-order valence-corrected chi connectivity index (χ3v) is 7.49. The van der Waals surface area contributed by atoms with Crippen LogP contribution in [0.1, 0.15) is 33.8 Å². The van der Waals surface area contributed by atoms with Crippen molar-refractivity contribution in [2.45, 2.75) is 18.8 Å². The second kappa shape index (κ2) is 7.98. The van der Waals surface area contributed by atoms with Crippen molar-refractivity contribution in [2.75, 3.05) is 0 Å². The van der Waals surface area contributed by atoms with E-state index in [1.165, 1.54) is 11.8 Å². The maximum absolute atomic E-state index is 14.1. The van der Waals surface area contributed by atoms with Gasteiger partial charge >= 0.3 is 0 Å². The van der Waals surface area contributed by atoms with E-state index in [1.807, 2.05) is 66.7 Å². The highest BCUT2D eigenvalue weighted by molar-refractivity contribution is 8.27. The number of aliphatic imine (C=N–C) groups is 1. The third kappa shape index (κ3) is 3.29. The number of thioether (sulfide) groups is 1. The molecule has 3 aromatic carbocycles. The zero-order valence-corrected chi connectivity index (χ0v) is 18.1. The van der Waals surface area contributed by atoms with Crippen molar-refractivity contribution in [3.63, 3.8) is 0 Å². The van der Waals surface area contributed by atoms with Gasteiger partial charge in [0.25, 0.3) is 0 Å².